The SMILES string of the molecule is COCCSSC[C@@H](NC(=O)[C@H](CCC(=O)NC[C@H](O)[C@@H](O)C[C@H](O)CO)NC(=O)[C@@H](CCC(=O)O)NC(=O)[C@H](CCC(=O)NC[C@H](O)[C@@H](O)C[C@H](O)CO)NC(=O)[C@@H](CCC(=O)O)NC(=O)[C@H](CCC(=O)NC[C@H](O)[C@@H](O)C[C@H](O)CO)NC(=O)CCCNC(=O)c1ccc(NCC2=NC3=C(NC2)NC(N)NC3=O)cc1)C(=O)O. The van der Waals surface area contributed by atoms with E-state index in [0.717, 1.165) is 10.8 Å². The van der Waals surface area contributed by atoms with E-state index >= 15 is 0 Å². The minimum absolute atomic E-state index is 0.0925. The third-order valence-electron chi connectivity index (χ3n) is 17.1. The van der Waals surface area contributed by atoms with Gasteiger partial charge in [-0.25, -0.2) is 9.79 Å². The third kappa shape index (κ3) is 39.8. The number of carboxylic acids is 3. The Kier molecular flexibility index (Phi) is 46.8. The van der Waals surface area contributed by atoms with Gasteiger partial charge in [0, 0.05) is 114 Å². The van der Waals surface area contributed by atoms with E-state index in [1.807, 2.05) is 0 Å². The van der Waals surface area contributed by atoms with Gasteiger partial charge in [0.05, 0.1) is 100 Å². The van der Waals surface area contributed by atoms with Gasteiger partial charge in [0.25, 0.3) is 11.8 Å². The highest BCUT2D eigenvalue weighted by Gasteiger charge is 2.36. The number of nitrogens with two attached hydrogens (primary N) is 1. The average Bonchev–Trinajstić information content (AvgIpc) is 0.816. The van der Waals surface area contributed by atoms with Crippen molar-refractivity contribution in [3.05, 3.63) is 41.3 Å². The van der Waals surface area contributed by atoms with Crippen LogP contribution in [-0.2, 0) is 67.1 Å². The number of aliphatic hydroxyl groups excluding tert-OH is 12. The number of aliphatic imine (C=N–C) groups is 1. The summed E-state index contributed by atoms with van der Waals surface area (Å²) in [7, 11) is 3.59. The van der Waals surface area contributed by atoms with Crippen LogP contribution in [0, 0.1) is 0 Å². The normalized spacial score (nSPS) is 17.1. The van der Waals surface area contributed by atoms with Gasteiger partial charge in [-0.15, -0.1) is 0 Å². The van der Waals surface area contributed by atoms with Gasteiger partial charge in [-0.2, -0.15) is 0 Å². The van der Waals surface area contributed by atoms with Crippen molar-refractivity contribution in [3.63, 3.8) is 0 Å². The van der Waals surface area contributed by atoms with E-state index in [0.29, 0.717) is 23.0 Å². The fourth-order valence-electron chi connectivity index (χ4n) is 10.5. The number of carboxylic acid groups (broad SMARTS) is 3. The van der Waals surface area contributed by atoms with E-state index in [-0.39, 0.29) is 49.7 Å². The lowest BCUT2D eigenvalue weighted by Crippen LogP contribution is -2.59. The van der Waals surface area contributed by atoms with E-state index in [9.17, 15) is 139 Å². The van der Waals surface area contributed by atoms with Crippen LogP contribution in [0.1, 0.15) is 107 Å². The molecule has 115 heavy (non-hydrogen) atoms. The molecule has 1 aromatic carbocycles. The predicted octanol–water partition coefficient (Wildman–Crippen LogP) is -11.4. The minimum Gasteiger partial charge on any atom is -0.481 e. The molecule has 0 radical (unpaired) electrons. The number of nitrogens with zero attached hydrogens (tertiary/aromatic N) is 1. The van der Waals surface area contributed by atoms with Gasteiger partial charge < -0.3 is 156 Å². The molecular weight excluding hydrogens is 1570 g/mol. The molecule has 0 aromatic heterocycles. The van der Waals surface area contributed by atoms with Crippen LogP contribution in [0.3, 0.4) is 0 Å². The van der Waals surface area contributed by atoms with Gasteiger partial charge in [0.15, 0.2) is 12.0 Å². The van der Waals surface area contributed by atoms with Gasteiger partial charge in [0.2, 0.25) is 53.2 Å². The lowest BCUT2D eigenvalue weighted by Gasteiger charge is -2.29. The molecule has 2 aliphatic rings. The lowest BCUT2D eigenvalue weighted by molar-refractivity contribution is -0.142. The number of anilines is 1. The number of aliphatic carboxylic acids is 3. The second-order valence-electron chi connectivity index (χ2n) is 26.5. The summed E-state index contributed by atoms with van der Waals surface area (Å²) in [5.74, 6) is -16.0. The molecule has 0 aliphatic carbocycles. The molecule has 648 valence electrons. The summed E-state index contributed by atoms with van der Waals surface area (Å²) in [5.41, 5.74) is 7.21. The molecule has 46 nitrogen and oxygen atoms in total. The molecular formula is C67H108N16O30S2. The zero-order valence-electron chi connectivity index (χ0n) is 62.8. The number of methoxy groups -OCH3 is 1. The molecule has 1 aromatic rings. The highest BCUT2D eigenvalue weighted by atomic mass is 33.1. The highest BCUT2D eigenvalue weighted by molar-refractivity contribution is 8.76. The van der Waals surface area contributed by atoms with Crippen molar-refractivity contribution in [1.29, 1.82) is 0 Å². The molecule has 16 atom stereocenters. The second-order valence-corrected chi connectivity index (χ2v) is 29.1. The molecule has 2 aliphatic heterocycles. The van der Waals surface area contributed by atoms with Gasteiger partial charge in [-0.05, 0) is 62.8 Å². The van der Waals surface area contributed by atoms with Gasteiger partial charge in [-0.3, -0.25) is 68.1 Å². The van der Waals surface area contributed by atoms with Crippen LogP contribution in [0.4, 0.5) is 5.69 Å². The number of ether oxygens (including phenoxy) is 1. The third-order valence-corrected chi connectivity index (χ3v) is 19.5. The molecule has 3 rings (SSSR count). The Morgan fingerprint density at radius 2 is 0.913 bits per heavy atom. The number of aliphatic hydroxyl groups is 12. The lowest BCUT2D eigenvalue weighted by atomic mass is 10.0. The first kappa shape index (κ1) is 99.9. The predicted molar refractivity (Wildman–Crippen MR) is 404 cm³/mol. The van der Waals surface area contributed by atoms with Crippen LogP contribution in [0.25, 0.3) is 0 Å². The molecule has 0 bridgehead atoms. The summed E-state index contributed by atoms with van der Waals surface area (Å²) in [6, 6.07) is -5.51. The Morgan fingerprint density at radius 3 is 1.30 bits per heavy atom. The topological polar surface area (TPSA) is 758 Å². The number of amides is 11. The molecule has 31 N–H and O–H groups in total. The first-order valence-electron chi connectivity index (χ1n) is 36.4. The van der Waals surface area contributed by atoms with E-state index < -0.39 is 310 Å². The van der Waals surface area contributed by atoms with Crippen LogP contribution < -0.4 is 80.2 Å². The van der Waals surface area contributed by atoms with Gasteiger partial charge in [0.1, 0.15) is 42.1 Å². The Balaban J connectivity index is 2.00. The quantitative estimate of drug-likeness (QED) is 0.0213. The molecule has 2 heterocycles. The maximum absolute atomic E-state index is 14.7. The summed E-state index contributed by atoms with van der Waals surface area (Å²) in [6.45, 7) is -3.81. The Bertz CT molecular complexity index is 3430. The molecule has 0 fully saturated rings. The van der Waals surface area contributed by atoms with Crippen molar-refractivity contribution in [1.82, 2.24) is 69.1 Å². The number of nitrogens with one attached hydrogen (secondary N) is 14. The summed E-state index contributed by atoms with van der Waals surface area (Å²) < 4.78 is 4.98. The van der Waals surface area contributed by atoms with Crippen molar-refractivity contribution in [3.8, 4) is 0 Å². The molecule has 48 heteroatoms. The molecule has 0 spiro atoms. The molecule has 0 saturated heterocycles. The summed E-state index contributed by atoms with van der Waals surface area (Å²) in [4.78, 5) is 193. The number of benzene rings is 1. The zero-order valence-corrected chi connectivity index (χ0v) is 64.4. The van der Waals surface area contributed by atoms with Gasteiger partial charge in [-0.1, -0.05) is 21.6 Å². The first-order chi connectivity index (χ1) is 54.5. The summed E-state index contributed by atoms with van der Waals surface area (Å²) in [6.07, 6.45) is -25.6. The average molecular weight is 1680 g/mol. The van der Waals surface area contributed by atoms with Crippen LogP contribution in [-0.4, -0.2) is 347 Å². The summed E-state index contributed by atoms with van der Waals surface area (Å²) >= 11 is 0. The number of hydrogen-bond acceptors (Lipinski definition) is 34. The van der Waals surface area contributed by atoms with Crippen LogP contribution in [0.15, 0.2) is 40.8 Å². The van der Waals surface area contributed by atoms with E-state index in [1.54, 1.807) is 12.1 Å². The van der Waals surface area contributed by atoms with Gasteiger partial charge >= 0.3 is 17.9 Å². The maximum atomic E-state index is 14.7. The largest absolute Gasteiger partial charge is 0.481 e. The zero-order chi connectivity index (χ0) is 85.9. The Morgan fingerprint density at radius 1 is 0.513 bits per heavy atom. The van der Waals surface area contributed by atoms with Crippen molar-refractivity contribution >= 4 is 116 Å². The fourth-order valence-corrected chi connectivity index (χ4v) is 12.5. The minimum atomic E-state index is -2.12. The van der Waals surface area contributed by atoms with Crippen LogP contribution in [0.5, 0.6) is 0 Å². The van der Waals surface area contributed by atoms with E-state index in [2.05, 4.69) is 79.4 Å². The second kappa shape index (κ2) is 53.8. The molecule has 0 saturated carbocycles. The number of carbonyl (C=O) groups excluding carboxylic acids is 11. The van der Waals surface area contributed by atoms with Crippen molar-refractivity contribution in [2.75, 3.05) is 89.6 Å². The number of carbonyl (C=O) groups is 14. The number of hydrogen-bond donors (Lipinski definition) is 30. The number of rotatable bonds is 59. The monoisotopic (exact) mass is 1680 g/mol. The summed E-state index contributed by atoms with van der Waals surface area (Å²) in [5, 5.41) is 183. The maximum Gasteiger partial charge on any atom is 0.327 e. The van der Waals surface area contributed by atoms with Crippen LogP contribution in [0.2, 0.25) is 0 Å². The van der Waals surface area contributed by atoms with Crippen molar-refractivity contribution < 1.29 is 148 Å². The Labute approximate surface area is 666 Å². The fraction of sp³-hybridized carbons (Fsp3) is 0.657. The molecule has 11 amide bonds. The van der Waals surface area contributed by atoms with E-state index in [1.165, 1.54) is 30.0 Å². The van der Waals surface area contributed by atoms with Crippen molar-refractivity contribution in [2.45, 2.75) is 194 Å². The standard InChI is InChI=1S/C67H108N16O30S2/c1-113-19-20-114-115-32-44(66(111)112)81-64(109)41(10-15-53(98)73-28-50(95)47(92)23-38(89)31-86)78-63(108)43(12-17-56(102)103)80-61(106)40(9-14-52(97)72-27-49(94)46(91)22-37(88)30-85)77-62(107)42(11-16-55(100)101)79-60(105)39(8-13-51(96)71-26-48(93)45(90)21-36(87)29-84)76-54(99)3-2-18-69-59(104)33-4-6-34(7-5-33)70-24-35-25-74-58-57(75-35)65(110)83-67(68)82-58/h4-7,36-50,67,70,74,82,84-95H,2-3,8-32,68H2,1H3,(H,69,104)(H,71,96)(H,72,97)(H,73,98)(H,76,99)(H,77,107)(H,78,108)(H,79,105)(H,80,106)(H,81,109)(H,83,110)(H,100,101)(H,102,103)(H,111,112)/t36-,37-,38-,39-,40-,41-,42+,43+,44+,45-,46-,47-,48-,49-,50-,67?/m0/s1. The molecule has 1 unspecified atom stereocenters. The first-order valence-corrected chi connectivity index (χ1v) is 38.9. The van der Waals surface area contributed by atoms with Crippen molar-refractivity contribution in [2.24, 2.45) is 10.7 Å². The van der Waals surface area contributed by atoms with E-state index in [4.69, 9.17) is 15.6 Å². The smallest absolute Gasteiger partial charge is 0.327 e. The van der Waals surface area contributed by atoms with Crippen LogP contribution >= 0.6 is 21.6 Å². The Hall–Kier alpha value is -9.25. The highest BCUT2D eigenvalue weighted by Crippen LogP contribution is 2.22.